The highest BCUT2D eigenvalue weighted by atomic mass is 32.2. The summed E-state index contributed by atoms with van der Waals surface area (Å²) < 4.78 is 35.2. The van der Waals surface area contributed by atoms with Crippen LogP contribution in [0.25, 0.3) is 0 Å². The van der Waals surface area contributed by atoms with Crippen molar-refractivity contribution in [3.8, 4) is 0 Å². The maximum atomic E-state index is 13.6. The van der Waals surface area contributed by atoms with Crippen molar-refractivity contribution < 1.29 is 17.9 Å². The number of ether oxygens (including phenoxy) is 1. The molecule has 1 aromatic carbocycles. The van der Waals surface area contributed by atoms with E-state index in [9.17, 15) is 13.2 Å². The average molecular weight is 392 g/mol. The Hall–Kier alpha value is -1.24. The molecule has 0 amide bonds. The predicted octanol–water partition coefficient (Wildman–Crippen LogP) is 3.80. The van der Waals surface area contributed by atoms with Crippen LogP contribution in [0.5, 0.6) is 0 Å². The van der Waals surface area contributed by atoms with Gasteiger partial charge in [0.25, 0.3) is 0 Å². The lowest BCUT2D eigenvalue weighted by Gasteiger charge is -2.40. The van der Waals surface area contributed by atoms with Gasteiger partial charge in [0.05, 0.1) is 22.5 Å². The van der Waals surface area contributed by atoms with E-state index < -0.39 is 21.7 Å². The Balaban J connectivity index is 1.78. The highest BCUT2D eigenvalue weighted by molar-refractivity contribution is 7.89. The van der Waals surface area contributed by atoms with E-state index in [1.807, 2.05) is 26.0 Å². The van der Waals surface area contributed by atoms with Gasteiger partial charge in [-0.05, 0) is 51.7 Å². The van der Waals surface area contributed by atoms with E-state index in [1.165, 1.54) is 0 Å². The average Bonchev–Trinajstić information content (AvgIpc) is 3.06. The van der Waals surface area contributed by atoms with E-state index >= 15 is 0 Å². The van der Waals surface area contributed by atoms with Crippen LogP contribution in [-0.2, 0) is 19.6 Å². The minimum Gasteiger partial charge on any atom is -0.356 e. The third kappa shape index (κ3) is 3.15. The fourth-order valence-electron chi connectivity index (χ4n) is 4.96. The van der Waals surface area contributed by atoms with E-state index in [2.05, 4.69) is 0 Å². The molecule has 6 heteroatoms. The zero-order valence-electron chi connectivity index (χ0n) is 16.2. The predicted molar refractivity (Wildman–Crippen MR) is 103 cm³/mol. The van der Waals surface area contributed by atoms with Crippen LogP contribution in [0.15, 0.2) is 29.2 Å². The number of aryl methyl sites for hydroxylation is 1. The topological polar surface area (TPSA) is 63.7 Å². The van der Waals surface area contributed by atoms with Crippen LogP contribution in [0, 0.1) is 12.3 Å². The highest BCUT2D eigenvalue weighted by Crippen LogP contribution is 2.48. The molecule has 0 spiro atoms. The molecule has 0 N–H and O–H groups in total. The van der Waals surface area contributed by atoms with Crippen molar-refractivity contribution in [1.29, 1.82) is 0 Å². The van der Waals surface area contributed by atoms with Gasteiger partial charge in [0, 0.05) is 6.42 Å². The van der Waals surface area contributed by atoms with E-state index in [1.54, 1.807) is 16.4 Å². The zero-order chi connectivity index (χ0) is 19.2. The normalized spacial score (nSPS) is 35.2. The first-order valence-electron chi connectivity index (χ1n) is 10.1. The van der Waals surface area contributed by atoms with Crippen LogP contribution in [-0.4, -0.2) is 36.9 Å². The standard InChI is InChI=1S/C21H29NO4S/c1-15-10-12-16(13-11-15)27(24,25)22-17-7-3-4-8-18(17)26-20(22)21(2)14-6-5-9-19(21)23/h10-13,17-18,20H,3-9,14H2,1-2H3/t17-,18-,20-,21-/m0/s1. The van der Waals surface area contributed by atoms with Crippen LogP contribution in [0.1, 0.15) is 63.9 Å². The molecule has 4 atom stereocenters. The van der Waals surface area contributed by atoms with Crippen LogP contribution < -0.4 is 0 Å². The lowest BCUT2D eigenvalue weighted by Crippen LogP contribution is -2.53. The van der Waals surface area contributed by atoms with Gasteiger partial charge in [-0.1, -0.05) is 37.0 Å². The summed E-state index contributed by atoms with van der Waals surface area (Å²) in [4.78, 5) is 13.2. The fraction of sp³-hybridized carbons (Fsp3) is 0.667. The quantitative estimate of drug-likeness (QED) is 0.786. The number of carbonyl (C=O) groups is 1. The number of Topliss-reactive ketones (excluding diaryl/α,β-unsaturated/α-hetero) is 1. The molecule has 1 aliphatic heterocycles. The van der Waals surface area contributed by atoms with Gasteiger partial charge in [0.15, 0.2) is 0 Å². The van der Waals surface area contributed by atoms with Crippen molar-refractivity contribution in [2.75, 3.05) is 0 Å². The van der Waals surface area contributed by atoms with Gasteiger partial charge in [-0.15, -0.1) is 0 Å². The third-order valence-electron chi connectivity index (χ3n) is 6.66. The maximum absolute atomic E-state index is 13.6. The summed E-state index contributed by atoms with van der Waals surface area (Å²) in [6, 6.07) is 6.82. The lowest BCUT2D eigenvalue weighted by atomic mass is 9.73. The van der Waals surface area contributed by atoms with Crippen molar-refractivity contribution in [2.45, 2.75) is 88.5 Å². The lowest BCUT2D eigenvalue weighted by molar-refractivity contribution is -0.145. The second-order valence-corrected chi connectivity index (χ2v) is 10.4. The Morgan fingerprint density at radius 3 is 2.48 bits per heavy atom. The van der Waals surface area contributed by atoms with Crippen molar-refractivity contribution in [2.24, 2.45) is 5.41 Å². The van der Waals surface area contributed by atoms with Gasteiger partial charge in [-0.2, -0.15) is 4.31 Å². The van der Waals surface area contributed by atoms with E-state index in [-0.39, 0.29) is 17.9 Å². The number of carbonyl (C=O) groups excluding carboxylic acids is 1. The summed E-state index contributed by atoms with van der Waals surface area (Å²) in [5.41, 5.74) is 0.265. The summed E-state index contributed by atoms with van der Waals surface area (Å²) in [5, 5.41) is 0. The maximum Gasteiger partial charge on any atom is 0.245 e. The van der Waals surface area contributed by atoms with Crippen molar-refractivity contribution in [3.63, 3.8) is 0 Å². The van der Waals surface area contributed by atoms with Gasteiger partial charge in [-0.3, -0.25) is 4.79 Å². The number of sulfonamides is 1. The number of benzene rings is 1. The largest absolute Gasteiger partial charge is 0.356 e. The minimum atomic E-state index is -3.73. The van der Waals surface area contributed by atoms with E-state index in [4.69, 9.17) is 4.74 Å². The molecular weight excluding hydrogens is 362 g/mol. The second kappa shape index (κ2) is 6.98. The Bertz CT molecular complexity index is 819. The molecule has 1 saturated heterocycles. The van der Waals surface area contributed by atoms with Gasteiger partial charge in [0.1, 0.15) is 12.0 Å². The molecular formula is C21H29NO4S. The zero-order valence-corrected chi connectivity index (χ0v) is 17.0. The fourth-order valence-corrected chi connectivity index (χ4v) is 6.81. The van der Waals surface area contributed by atoms with Crippen LogP contribution in [0.3, 0.4) is 0 Å². The highest BCUT2D eigenvalue weighted by Gasteiger charge is 2.58. The molecule has 0 unspecified atom stereocenters. The van der Waals surface area contributed by atoms with E-state index in [0.29, 0.717) is 17.7 Å². The molecule has 27 heavy (non-hydrogen) atoms. The van der Waals surface area contributed by atoms with Gasteiger partial charge in [-0.25, -0.2) is 8.42 Å². The summed E-state index contributed by atoms with van der Waals surface area (Å²) in [6.07, 6.45) is 5.97. The van der Waals surface area contributed by atoms with E-state index in [0.717, 1.165) is 44.1 Å². The molecule has 1 aromatic rings. The smallest absolute Gasteiger partial charge is 0.245 e. The van der Waals surface area contributed by atoms with Crippen LogP contribution in [0.4, 0.5) is 0 Å². The first-order valence-corrected chi connectivity index (χ1v) is 11.6. The van der Waals surface area contributed by atoms with Crippen molar-refractivity contribution in [3.05, 3.63) is 29.8 Å². The molecule has 4 rings (SSSR count). The van der Waals surface area contributed by atoms with Gasteiger partial charge in [0.2, 0.25) is 10.0 Å². The number of ketones is 1. The van der Waals surface area contributed by atoms with Crippen molar-refractivity contribution in [1.82, 2.24) is 4.31 Å². The monoisotopic (exact) mass is 391 g/mol. The second-order valence-electron chi connectivity index (χ2n) is 8.57. The number of hydrogen-bond donors (Lipinski definition) is 0. The first kappa shape index (κ1) is 19.1. The molecule has 148 valence electrons. The number of hydrogen-bond acceptors (Lipinski definition) is 4. The Morgan fingerprint density at radius 1 is 1.07 bits per heavy atom. The number of fused-ring (bicyclic) bond motifs is 1. The molecule has 0 radical (unpaired) electrons. The molecule has 2 saturated carbocycles. The molecule has 1 heterocycles. The summed E-state index contributed by atoms with van der Waals surface area (Å²) in [6.45, 7) is 3.85. The third-order valence-corrected chi connectivity index (χ3v) is 8.54. The Morgan fingerprint density at radius 2 is 1.78 bits per heavy atom. The summed E-state index contributed by atoms with van der Waals surface area (Å²) in [5.74, 6) is 0.140. The minimum absolute atomic E-state index is 0.101. The SMILES string of the molecule is Cc1ccc(S(=O)(=O)N2[C@H]([C@@]3(C)CCCCC3=O)O[C@H]3CCCC[C@@H]32)cc1. The molecule has 3 fully saturated rings. The van der Waals surface area contributed by atoms with Gasteiger partial charge < -0.3 is 4.74 Å². The van der Waals surface area contributed by atoms with Crippen LogP contribution >= 0.6 is 0 Å². The van der Waals surface area contributed by atoms with Crippen LogP contribution in [0.2, 0.25) is 0 Å². The van der Waals surface area contributed by atoms with Gasteiger partial charge >= 0.3 is 0 Å². The molecule has 3 aliphatic rings. The molecule has 2 aliphatic carbocycles. The van der Waals surface area contributed by atoms with Crippen molar-refractivity contribution >= 4 is 15.8 Å². The molecule has 0 aromatic heterocycles. The summed E-state index contributed by atoms with van der Waals surface area (Å²) >= 11 is 0. The number of nitrogens with zero attached hydrogens (tertiary/aromatic N) is 1. The molecule has 0 bridgehead atoms. The summed E-state index contributed by atoms with van der Waals surface area (Å²) in [7, 11) is -3.73. The Kier molecular flexibility index (Phi) is 4.93. The first-order chi connectivity index (χ1) is 12.8. The number of rotatable bonds is 3. The Labute approximate surface area is 162 Å². The molecule has 5 nitrogen and oxygen atoms in total.